The third-order valence-corrected chi connectivity index (χ3v) is 3.67. The zero-order chi connectivity index (χ0) is 9.07. The molecule has 0 aliphatic heterocycles. The first-order valence-electron chi connectivity index (χ1n) is 3.45. The molecule has 4 nitrogen and oxygen atoms in total. The normalized spacial score (nSPS) is 12.9. The molecule has 0 atom stereocenters. The Morgan fingerprint density at radius 1 is 0.909 bits per heavy atom. The number of rotatable bonds is 4. The van der Waals surface area contributed by atoms with Crippen molar-refractivity contribution < 1.29 is 30.3 Å². The van der Waals surface area contributed by atoms with Gasteiger partial charge in [0.2, 0.25) is 0 Å². The molecule has 0 radical (unpaired) electrons. The van der Waals surface area contributed by atoms with Gasteiger partial charge in [0.25, 0.3) is 0 Å². The molecule has 68 valence electrons. The SMILES string of the molecule is CC(C)[O][Mo](=[O])(=[O])[O]C(C)C. The van der Waals surface area contributed by atoms with E-state index in [0.29, 0.717) is 0 Å². The Labute approximate surface area is 70.6 Å². The van der Waals surface area contributed by atoms with Crippen LogP contribution in [0.2, 0.25) is 0 Å². The van der Waals surface area contributed by atoms with Crippen LogP contribution in [0.5, 0.6) is 0 Å². The van der Waals surface area contributed by atoms with E-state index in [2.05, 4.69) is 6.78 Å². The van der Waals surface area contributed by atoms with Gasteiger partial charge in [0.05, 0.1) is 0 Å². The van der Waals surface area contributed by atoms with Crippen LogP contribution in [0.3, 0.4) is 0 Å². The van der Waals surface area contributed by atoms with Crippen molar-refractivity contribution in [1.82, 2.24) is 0 Å². The summed E-state index contributed by atoms with van der Waals surface area (Å²) in [5, 5.41) is 0. The summed E-state index contributed by atoms with van der Waals surface area (Å²) in [6.45, 7) is 6.61. The molecule has 0 heterocycles. The standard InChI is InChI=1S/2C3H7O.Mo.2O/c2*1-3(2)4;;;/h2*3H,1-2H3;;;/q2*-1;+2;;. The Kier molecular flexibility index (Phi) is 4.37. The molecule has 0 aromatic rings. The van der Waals surface area contributed by atoms with E-state index in [0.717, 1.165) is 0 Å². The summed E-state index contributed by atoms with van der Waals surface area (Å²) in [7, 11) is 0. The van der Waals surface area contributed by atoms with E-state index >= 15 is 0 Å². The Morgan fingerprint density at radius 3 is 1.36 bits per heavy atom. The molecule has 0 N–H and O–H groups in total. The zero-order valence-corrected chi connectivity index (χ0v) is 9.20. The molecule has 0 aliphatic carbocycles. The second-order valence-electron chi connectivity index (χ2n) is 2.70. The van der Waals surface area contributed by atoms with E-state index in [4.69, 9.17) is 0 Å². The van der Waals surface area contributed by atoms with Crippen LogP contribution in [0.4, 0.5) is 0 Å². The van der Waals surface area contributed by atoms with Crippen LogP contribution in [0.15, 0.2) is 0 Å². The van der Waals surface area contributed by atoms with Crippen molar-refractivity contribution in [2.45, 2.75) is 39.9 Å². The van der Waals surface area contributed by atoms with Crippen LogP contribution in [-0.2, 0) is 30.3 Å². The van der Waals surface area contributed by atoms with E-state index in [-0.39, 0.29) is 12.2 Å². The summed E-state index contributed by atoms with van der Waals surface area (Å²) >= 11 is -4.83. The van der Waals surface area contributed by atoms with Gasteiger partial charge in [-0.25, -0.2) is 0 Å². The molecular weight excluding hydrogens is 232 g/mol. The van der Waals surface area contributed by atoms with Crippen molar-refractivity contribution in [3.05, 3.63) is 0 Å². The Hall–Kier alpha value is 0.208. The monoisotopic (exact) mass is 248 g/mol. The third-order valence-electron chi connectivity index (χ3n) is 0.621. The molecule has 0 spiro atoms. The van der Waals surface area contributed by atoms with Gasteiger partial charge >= 0.3 is 70.2 Å². The van der Waals surface area contributed by atoms with Gasteiger partial charge in [0.15, 0.2) is 0 Å². The van der Waals surface area contributed by atoms with Gasteiger partial charge < -0.3 is 0 Å². The van der Waals surface area contributed by atoms with Gasteiger partial charge in [-0.1, -0.05) is 0 Å². The Morgan fingerprint density at radius 2 is 1.18 bits per heavy atom. The minimum atomic E-state index is -4.83. The van der Waals surface area contributed by atoms with Crippen molar-refractivity contribution >= 4 is 0 Å². The van der Waals surface area contributed by atoms with E-state index in [1.54, 1.807) is 27.7 Å². The quantitative estimate of drug-likeness (QED) is 0.705. The topological polar surface area (TPSA) is 52.6 Å². The van der Waals surface area contributed by atoms with Crippen LogP contribution in [0.1, 0.15) is 27.7 Å². The average molecular weight is 246 g/mol. The van der Waals surface area contributed by atoms with Crippen molar-refractivity contribution in [1.29, 1.82) is 0 Å². The van der Waals surface area contributed by atoms with Crippen LogP contribution in [0.25, 0.3) is 0 Å². The molecule has 0 aromatic heterocycles. The fourth-order valence-electron chi connectivity index (χ4n) is 0.494. The Balaban J connectivity index is 4.03. The number of hydrogen-bond acceptors (Lipinski definition) is 4. The molecule has 0 fully saturated rings. The molecule has 0 saturated heterocycles. The maximum absolute atomic E-state index is 10.9. The van der Waals surface area contributed by atoms with Crippen LogP contribution < -0.4 is 0 Å². The van der Waals surface area contributed by atoms with E-state index in [1.165, 1.54) is 0 Å². The molecular formula is C6H14MoO4. The van der Waals surface area contributed by atoms with Crippen LogP contribution in [-0.4, -0.2) is 12.2 Å². The molecule has 0 aliphatic rings. The van der Waals surface area contributed by atoms with Gasteiger partial charge in [0.1, 0.15) is 0 Å². The van der Waals surface area contributed by atoms with Gasteiger partial charge in [-0.05, 0) is 0 Å². The molecule has 11 heavy (non-hydrogen) atoms. The fraction of sp³-hybridized carbons (Fsp3) is 1.00. The Bertz CT molecular complexity index is 177. The predicted molar refractivity (Wildman–Crippen MR) is 33.8 cm³/mol. The second-order valence-corrected chi connectivity index (χ2v) is 5.65. The first-order chi connectivity index (χ1) is 4.83. The summed E-state index contributed by atoms with van der Waals surface area (Å²) in [4.78, 5) is 0. The average Bonchev–Trinajstić information content (AvgIpc) is 1.53. The van der Waals surface area contributed by atoms with Crippen molar-refractivity contribution in [2.24, 2.45) is 0 Å². The third kappa shape index (κ3) is 6.60. The molecule has 0 bridgehead atoms. The summed E-state index contributed by atoms with van der Waals surface area (Å²) < 4.78 is 31.0. The van der Waals surface area contributed by atoms with Gasteiger partial charge in [-0.3, -0.25) is 0 Å². The van der Waals surface area contributed by atoms with Gasteiger partial charge in [0, 0.05) is 0 Å². The summed E-state index contributed by atoms with van der Waals surface area (Å²) in [5.74, 6) is 0. The first-order valence-corrected chi connectivity index (χ1v) is 6.72. The van der Waals surface area contributed by atoms with E-state index in [9.17, 15) is 6.80 Å². The molecule has 5 heteroatoms. The maximum atomic E-state index is 10.9. The van der Waals surface area contributed by atoms with Gasteiger partial charge in [-0.2, -0.15) is 0 Å². The molecule has 0 rings (SSSR count). The molecule has 0 aromatic carbocycles. The van der Waals surface area contributed by atoms with Crippen molar-refractivity contribution in [2.75, 3.05) is 0 Å². The zero-order valence-electron chi connectivity index (χ0n) is 7.20. The summed E-state index contributed by atoms with van der Waals surface area (Å²) in [6, 6.07) is 0. The predicted octanol–water partition coefficient (Wildman–Crippen LogP) is 1.51. The molecule has 0 amide bonds. The first kappa shape index (κ1) is 11.2. The van der Waals surface area contributed by atoms with E-state index in [1.807, 2.05) is 0 Å². The summed E-state index contributed by atoms with van der Waals surface area (Å²) in [5.41, 5.74) is 0. The van der Waals surface area contributed by atoms with E-state index < -0.39 is 16.7 Å². The number of hydrogen-bond donors (Lipinski definition) is 0. The fourth-order valence-corrected chi connectivity index (χ4v) is 2.92. The summed E-state index contributed by atoms with van der Waals surface area (Å²) in [6.07, 6.45) is -0.658. The van der Waals surface area contributed by atoms with Crippen molar-refractivity contribution in [3.8, 4) is 0 Å². The van der Waals surface area contributed by atoms with Gasteiger partial charge in [-0.15, -0.1) is 0 Å². The van der Waals surface area contributed by atoms with Crippen LogP contribution in [0, 0.1) is 0 Å². The van der Waals surface area contributed by atoms with Crippen LogP contribution >= 0.6 is 0 Å². The van der Waals surface area contributed by atoms with Crippen molar-refractivity contribution in [3.63, 3.8) is 0 Å². The molecule has 0 saturated carbocycles. The minimum absolute atomic E-state index is 0.329. The molecule has 0 unspecified atom stereocenters. The second kappa shape index (κ2) is 4.29.